The Kier molecular flexibility index (Phi) is 5.32. The van der Waals surface area contributed by atoms with Crippen LogP contribution in [0.5, 0.6) is 5.75 Å². The number of nitrogens with zero attached hydrogens (tertiary/aromatic N) is 4. The van der Waals surface area contributed by atoms with Crippen molar-refractivity contribution < 1.29 is 9.53 Å². The van der Waals surface area contributed by atoms with Crippen LogP contribution in [-0.4, -0.2) is 32.8 Å². The largest absolute Gasteiger partial charge is 0.495 e. The molecule has 1 unspecified atom stereocenters. The van der Waals surface area contributed by atoms with Gasteiger partial charge in [0.05, 0.1) is 18.4 Å². The lowest BCUT2D eigenvalue weighted by atomic mass is 9.96. The van der Waals surface area contributed by atoms with Crippen molar-refractivity contribution in [1.82, 2.24) is 19.7 Å². The SMILES string of the molecule is COc1ccccc1NC(=O)C1=C(C)Nc2nc(-c3ccccc3)nn2C1c1ccncc1. The van der Waals surface area contributed by atoms with Gasteiger partial charge in [-0.1, -0.05) is 42.5 Å². The molecule has 0 saturated carbocycles. The van der Waals surface area contributed by atoms with Gasteiger partial charge in [0, 0.05) is 23.7 Å². The van der Waals surface area contributed by atoms with Crippen molar-refractivity contribution in [1.29, 1.82) is 0 Å². The van der Waals surface area contributed by atoms with E-state index < -0.39 is 6.04 Å². The highest BCUT2D eigenvalue weighted by atomic mass is 16.5. The van der Waals surface area contributed by atoms with E-state index in [1.54, 1.807) is 36.3 Å². The van der Waals surface area contributed by atoms with Crippen LogP contribution in [0.1, 0.15) is 18.5 Å². The summed E-state index contributed by atoms with van der Waals surface area (Å²) < 4.78 is 7.15. The summed E-state index contributed by atoms with van der Waals surface area (Å²) in [5, 5.41) is 11.0. The van der Waals surface area contributed by atoms with Gasteiger partial charge < -0.3 is 15.4 Å². The van der Waals surface area contributed by atoms with Crippen molar-refractivity contribution in [2.75, 3.05) is 17.7 Å². The van der Waals surface area contributed by atoms with E-state index in [1.165, 1.54) is 0 Å². The highest BCUT2D eigenvalue weighted by Gasteiger charge is 2.34. The number of anilines is 2. The molecule has 1 amide bonds. The number of aromatic nitrogens is 4. The molecule has 0 radical (unpaired) electrons. The molecule has 2 aromatic carbocycles. The average molecular weight is 438 g/mol. The van der Waals surface area contributed by atoms with Gasteiger partial charge in [-0.05, 0) is 36.8 Å². The van der Waals surface area contributed by atoms with Crippen LogP contribution in [0.2, 0.25) is 0 Å². The van der Waals surface area contributed by atoms with E-state index in [4.69, 9.17) is 14.8 Å². The lowest BCUT2D eigenvalue weighted by Crippen LogP contribution is -2.31. The second kappa shape index (κ2) is 8.58. The second-order valence-electron chi connectivity index (χ2n) is 7.57. The molecule has 1 aliphatic rings. The summed E-state index contributed by atoms with van der Waals surface area (Å²) in [7, 11) is 1.57. The van der Waals surface area contributed by atoms with E-state index in [1.807, 2.05) is 61.5 Å². The minimum absolute atomic E-state index is 0.256. The van der Waals surface area contributed by atoms with Gasteiger partial charge in [-0.25, -0.2) is 4.68 Å². The highest BCUT2D eigenvalue weighted by Crippen LogP contribution is 2.37. The zero-order chi connectivity index (χ0) is 22.8. The number of hydrogen-bond acceptors (Lipinski definition) is 6. The molecular weight excluding hydrogens is 416 g/mol. The molecule has 33 heavy (non-hydrogen) atoms. The standard InChI is InChI=1S/C25H22N6O2/c1-16-21(24(32)28-19-10-6-7-11-20(19)33-2)22(17-12-14-26-15-13-17)31-25(27-16)29-23(30-31)18-8-4-3-5-9-18/h3-15,22H,1-2H3,(H,28,32)(H,27,29,30). The minimum Gasteiger partial charge on any atom is -0.495 e. The lowest BCUT2D eigenvalue weighted by Gasteiger charge is -2.28. The number of rotatable bonds is 5. The Morgan fingerprint density at radius 2 is 1.76 bits per heavy atom. The molecule has 1 atom stereocenters. The van der Waals surface area contributed by atoms with E-state index >= 15 is 0 Å². The van der Waals surface area contributed by atoms with Gasteiger partial charge in [0.25, 0.3) is 5.91 Å². The average Bonchev–Trinajstić information content (AvgIpc) is 3.28. The molecule has 0 bridgehead atoms. The van der Waals surface area contributed by atoms with Gasteiger partial charge in [0.1, 0.15) is 11.8 Å². The molecule has 1 aliphatic heterocycles. The first-order chi connectivity index (χ1) is 16.2. The molecule has 0 aliphatic carbocycles. The highest BCUT2D eigenvalue weighted by molar-refractivity contribution is 6.06. The summed E-state index contributed by atoms with van der Waals surface area (Å²) in [4.78, 5) is 22.4. The third-order valence-corrected chi connectivity index (χ3v) is 5.51. The fourth-order valence-corrected chi connectivity index (χ4v) is 3.95. The summed E-state index contributed by atoms with van der Waals surface area (Å²) in [6, 6.07) is 20.3. The number of fused-ring (bicyclic) bond motifs is 1. The Morgan fingerprint density at radius 3 is 2.52 bits per heavy atom. The molecule has 2 N–H and O–H groups in total. The maximum Gasteiger partial charge on any atom is 0.255 e. The van der Waals surface area contributed by atoms with Gasteiger partial charge in [-0.15, -0.1) is 5.10 Å². The Labute approximate surface area is 191 Å². The summed E-state index contributed by atoms with van der Waals surface area (Å²) in [5.41, 5.74) is 3.59. The van der Waals surface area contributed by atoms with Crippen molar-refractivity contribution in [2.45, 2.75) is 13.0 Å². The molecule has 164 valence electrons. The van der Waals surface area contributed by atoms with Gasteiger partial charge in [0.2, 0.25) is 5.95 Å². The Hall–Kier alpha value is -4.46. The number of methoxy groups -OCH3 is 1. The van der Waals surface area contributed by atoms with E-state index in [0.717, 1.165) is 11.1 Å². The molecule has 0 fully saturated rings. The van der Waals surface area contributed by atoms with Crippen LogP contribution in [-0.2, 0) is 4.79 Å². The fraction of sp³-hybridized carbons (Fsp3) is 0.120. The van der Waals surface area contributed by atoms with Crippen LogP contribution in [0.15, 0.2) is 90.4 Å². The monoisotopic (exact) mass is 438 g/mol. The van der Waals surface area contributed by atoms with Crippen LogP contribution >= 0.6 is 0 Å². The molecule has 5 rings (SSSR count). The quantitative estimate of drug-likeness (QED) is 0.483. The molecule has 2 aromatic heterocycles. The number of amides is 1. The smallest absolute Gasteiger partial charge is 0.255 e. The third-order valence-electron chi connectivity index (χ3n) is 5.51. The van der Waals surface area contributed by atoms with Gasteiger partial charge >= 0.3 is 0 Å². The Morgan fingerprint density at radius 1 is 1.03 bits per heavy atom. The molecule has 3 heterocycles. The predicted molar refractivity (Wildman–Crippen MR) is 126 cm³/mol. The zero-order valence-corrected chi connectivity index (χ0v) is 18.2. The van der Waals surface area contributed by atoms with E-state index in [9.17, 15) is 4.79 Å². The Bertz CT molecular complexity index is 1330. The number of carbonyl (C=O) groups excluding carboxylic acids is 1. The van der Waals surface area contributed by atoms with Crippen molar-refractivity contribution in [3.8, 4) is 17.1 Å². The summed E-state index contributed by atoms with van der Waals surface area (Å²) in [6.45, 7) is 1.87. The van der Waals surface area contributed by atoms with Crippen molar-refractivity contribution in [2.24, 2.45) is 0 Å². The normalized spacial score (nSPS) is 14.9. The van der Waals surface area contributed by atoms with Crippen LogP contribution in [0, 0.1) is 0 Å². The number of nitrogens with one attached hydrogen (secondary N) is 2. The number of allylic oxidation sites excluding steroid dienone is 1. The third kappa shape index (κ3) is 3.82. The summed E-state index contributed by atoms with van der Waals surface area (Å²) in [6.07, 6.45) is 3.41. The number of pyridine rings is 1. The first-order valence-corrected chi connectivity index (χ1v) is 10.5. The zero-order valence-electron chi connectivity index (χ0n) is 18.2. The summed E-state index contributed by atoms with van der Waals surface area (Å²) in [5.74, 6) is 1.48. The van der Waals surface area contributed by atoms with Crippen molar-refractivity contribution >= 4 is 17.5 Å². The first kappa shape index (κ1) is 20.4. The van der Waals surface area contributed by atoms with E-state index in [-0.39, 0.29) is 5.91 Å². The number of carbonyl (C=O) groups is 1. The minimum atomic E-state index is -0.482. The van der Waals surface area contributed by atoms with Gasteiger partial charge in [-0.3, -0.25) is 9.78 Å². The van der Waals surface area contributed by atoms with Crippen LogP contribution in [0.3, 0.4) is 0 Å². The predicted octanol–water partition coefficient (Wildman–Crippen LogP) is 4.28. The number of ether oxygens (including phenoxy) is 1. The first-order valence-electron chi connectivity index (χ1n) is 10.5. The van der Waals surface area contributed by atoms with Gasteiger partial charge in [-0.2, -0.15) is 4.98 Å². The van der Waals surface area contributed by atoms with Gasteiger partial charge in [0.15, 0.2) is 5.82 Å². The van der Waals surface area contributed by atoms with Crippen LogP contribution in [0.25, 0.3) is 11.4 Å². The Balaban J connectivity index is 1.59. The molecule has 8 nitrogen and oxygen atoms in total. The number of para-hydroxylation sites is 2. The number of benzene rings is 2. The maximum absolute atomic E-state index is 13.6. The van der Waals surface area contributed by atoms with Crippen LogP contribution in [0.4, 0.5) is 11.6 Å². The summed E-state index contributed by atoms with van der Waals surface area (Å²) >= 11 is 0. The topological polar surface area (TPSA) is 94.0 Å². The fourth-order valence-electron chi connectivity index (χ4n) is 3.95. The second-order valence-corrected chi connectivity index (χ2v) is 7.57. The van der Waals surface area contributed by atoms with E-state index in [2.05, 4.69) is 15.6 Å². The molecule has 8 heteroatoms. The van der Waals surface area contributed by atoms with Crippen molar-refractivity contribution in [3.05, 3.63) is 96.0 Å². The van der Waals surface area contributed by atoms with Crippen molar-refractivity contribution in [3.63, 3.8) is 0 Å². The molecule has 0 spiro atoms. The number of hydrogen-bond donors (Lipinski definition) is 2. The molecular formula is C25H22N6O2. The van der Waals surface area contributed by atoms with E-state index in [0.29, 0.717) is 34.5 Å². The van der Waals surface area contributed by atoms with Crippen LogP contribution < -0.4 is 15.4 Å². The lowest BCUT2D eigenvalue weighted by molar-refractivity contribution is -0.113. The molecule has 0 saturated heterocycles. The molecule has 4 aromatic rings. The maximum atomic E-state index is 13.6.